The van der Waals surface area contributed by atoms with E-state index in [9.17, 15) is 9.90 Å². The summed E-state index contributed by atoms with van der Waals surface area (Å²) in [6.07, 6.45) is 6.53. The minimum atomic E-state index is -0.490. The van der Waals surface area contributed by atoms with Gasteiger partial charge in [-0.1, -0.05) is 29.3 Å². The largest absolute Gasteiger partial charge is 0.437 e. The van der Waals surface area contributed by atoms with Gasteiger partial charge in [-0.2, -0.15) is 0 Å². The molecule has 2 aromatic heterocycles. The molecule has 0 radical (unpaired) electrons. The second-order valence-corrected chi connectivity index (χ2v) is 11.9. The maximum Gasteiger partial charge on any atom is 0.220 e. The van der Waals surface area contributed by atoms with Crippen molar-refractivity contribution >= 4 is 34.9 Å². The van der Waals surface area contributed by atoms with Crippen LogP contribution >= 0.6 is 23.2 Å². The number of aliphatic hydroxyl groups excluding tert-OH is 1. The lowest BCUT2D eigenvalue weighted by Gasteiger charge is -2.32. The number of rotatable bonds is 9. The van der Waals surface area contributed by atoms with E-state index in [-0.39, 0.29) is 11.8 Å². The average Bonchev–Trinajstić information content (AvgIpc) is 3.32. The Labute approximate surface area is 256 Å². The predicted octanol–water partition coefficient (Wildman–Crippen LogP) is 4.86. The number of β-amino-alcohol motifs (C(OH)–C–C–N with tert-alkyl or cyclic N) is 1. The lowest BCUT2D eigenvalue weighted by atomic mass is 9.96. The number of ether oxygens (including phenoxy) is 1. The van der Waals surface area contributed by atoms with E-state index >= 15 is 0 Å². The average molecular weight is 612 g/mol. The SMILES string of the molecule is CC(=O)NCC1CCN(Cc2cc(Oc3ccc(N4CC(/C=C/N)[C@@H](O)C4)nc3)nc(-c3cc(Cl)cc(Cl)c3)c2)CC1. The van der Waals surface area contributed by atoms with E-state index in [2.05, 4.69) is 15.2 Å². The number of hydrogen-bond acceptors (Lipinski definition) is 8. The fourth-order valence-electron chi connectivity index (χ4n) is 5.52. The molecule has 2 saturated heterocycles. The highest BCUT2D eigenvalue weighted by Gasteiger charge is 2.30. The number of halogens is 2. The normalized spacial score (nSPS) is 19.9. The van der Waals surface area contributed by atoms with Crippen molar-refractivity contribution in [2.24, 2.45) is 17.6 Å². The number of aromatic nitrogens is 2. The standard InChI is InChI=1S/C31H36Cl2N6O3/c1-20(40)35-15-21-5-8-38(9-6-21)17-22-10-28(24-12-25(32)14-26(33)13-24)37-31(11-22)42-27-2-3-30(36-16-27)39-18-23(4-7-34)29(41)19-39/h2-4,7,10-14,16,21,23,29,41H,5-6,8-9,15,17-19,34H2,1H3,(H,35,40)/b7-4+/t23?,29-/m0/s1. The molecule has 42 heavy (non-hydrogen) atoms. The van der Waals surface area contributed by atoms with Crippen LogP contribution in [0.2, 0.25) is 10.0 Å². The van der Waals surface area contributed by atoms with Gasteiger partial charge in [0.25, 0.3) is 0 Å². The molecule has 4 N–H and O–H groups in total. The van der Waals surface area contributed by atoms with Crippen molar-refractivity contribution in [2.45, 2.75) is 32.4 Å². The Bertz CT molecular complexity index is 1390. The molecule has 2 fully saturated rings. The number of amides is 1. The lowest BCUT2D eigenvalue weighted by Crippen LogP contribution is -2.37. The fraction of sp³-hybridized carbons (Fsp3) is 0.387. The van der Waals surface area contributed by atoms with Crippen molar-refractivity contribution in [1.82, 2.24) is 20.2 Å². The summed E-state index contributed by atoms with van der Waals surface area (Å²) in [6, 6.07) is 13.1. The Morgan fingerprint density at radius 3 is 2.57 bits per heavy atom. The molecule has 2 atom stereocenters. The quantitative estimate of drug-likeness (QED) is 0.314. The Hall–Kier alpha value is -3.37. The monoisotopic (exact) mass is 610 g/mol. The maximum absolute atomic E-state index is 11.3. The van der Waals surface area contributed by atoms with E-state index in [1.165, 1.54) is 6.20 Å². The van der Waals surface area contributed by atoms with Crippen LogP contribution in [0.1, 0.15) is 25.3 Å². The highest BCUT2D eigenvalue weighted by Crippen LogP contribution is 2.31. The smallest absolute Gasteiger partial charge is 0.220 e. The van der Waals surface area contributed by atoms with Gasteiger partial charge in [0.05, 0.1) is 18.0 Å². The van der Waals surface area contributed by atoms with Gasteiger partial charge in [0.1, 0.15) is 11.6 Å². The van der Waals surface area contributed by atoms with E-state index in [1.54, 1.807) is 19.2 Å². The Morgan fingerprint density at radius 2 is 1.90 bits per heavy atom. The van der Waals surface area contributed by atoms with Crippen LogP contribution < -0.4 is 20.7 Å². The number of benzene rings is 1. The number of pyridine rings is 2. The second-order valence-electron chi connectivity index (χ2n) is 11.0. The second kappa shape index (κ2) is 13.7. The Morgan fingerprint density at radius 1 is 1.14 bits per heavy atom. The molecule has 0 bridgehead atoms. The third-order valence-electron chi connectivity index (χ3n) is 7.73. The fourth-order valence-corrected chi connectivity index (χ4v) is 6.04. The Kier molecular flexibility index (Phi) is 9.84. The first kappa shape index (κ1) is 30.1. The summed E-state index contributed by atoms with van der Waals surface area (Å²) in [7, 11) is 0. The number of carbonyl (C=O) groups excluding carboxylic acids is 1. The van der Waals surface area contributed by atoms with Crippen molar-refractivity contribution in [3.05, 3.63) is 76.5 Å². The molecule has 9 nitrogen and oxygen atoms in total. The number of likely N-dealkylation sites (tertiary alicyclic amines) is 1. The van der Waals surface area contributed by atoms with Crippen LogP contribution in [-0.4, -0.2) is 64.7 Å². The molecule has 222 valence electrons. The molecule has 1 aromatic carbocycles. The number of nitrogens with zero attached hydrogens (tertiary/aromatic N) is 4. The summed E-state index contributed by atoms with van der Waals surface area (Å²) < 4.78 is 6.21. The third-order valence-corrected chi connectivity index (χ3v) is 8.17. The number of aliphatic hydroxyl groups is 1. The number of anilines is 1. The van der Waals surface area contributed by atoms with Crippen molar-refractivity contribution in [1.29, 1.82) is 0 Å². The molecular weight excluding hydrogens is 575 g/mol. The van der Waals surface area contributed by atoms with Gasteiger partial charge in [0.2, 0.25) is 11.8 Å². The number of nitrogens with one attached hydrogen (secondary N) is 1. The van der Waals surface area contributed by atoms with E-state index in [0.717, 1.165) is 56.0 Å². The maximum atomic E-state index is 11.3. The van der Waals surface area contributed by atoms with E-state index in [1.807, 2.05) is 47.4 Å². The van der Waals surface area contributed by atoms with E-state index in [4.69, 9.17) is 38.7 Å². The van der Waals surface area contributed by atoms with Crippen molar-refractivity contribution in [2.75, 3.05) is 37.6 Å². The van der Waals surface area contributed by atoms with Gasteiger partial charge in [0, 0.05) is 60.7 Å². The molecule has 0 aliphatic carbocycles. The van der Waals surface area contributed by atoms with Crippen LogP contribution in [0.3, 0.4) is 0 Å². The van der Waals surface area contributed by atoms with Gasteiger partial charge in [-0.3, -0.25) is 9.69 Å². The highest BCUT2D eigenvalue weighted by molar-refractivity contribution is 6.35. The van der Waals surface area contributed by atoms with Crippen LogP contribution in [0.15, 0.2) is 60.9 Å². The zero-order valence-electron chi connectivity index (χ0n) is 23.5. The summed E-state index contributed by atoms with van der Waals surface area (Å²) in [6.45, 7) is 6.04. The van der Waals surface area contributed by atoms with Crippen LogP contribution in [0, 0.1) is 11.8 Å². The van der Waals surface area contributed by atoms with Gasteiger partial charge in [-0.15, -0.1) is 0 Å². The van der Waals surface area contributed by atoms with Gasteiger partial charge in [0.15, 0.2) is 0 Å². The van der Waals surface area contributed by atoms with E-state index in [0.29, 0.717) is 46.4 Å². The molecule has 4 heterocycles. The molecule has 11 heteroatoms. The molecule has 0 spiro atoms. The van der Waals surface area contributed by atoms with Gasteiger partial charge in [-0.05, 0) is 80.0 Å². The predicted molar refractivity (Wildman–Crippen MR) is 166 cm³/mol. The van der Waals surface area contributed by atoms with Crippen LogP contribution in [0.4, 0.5) is 5.82 Å². The summed E-state index contributed by atoms with van der Waals surface area (Å²) in [5.74, 6) is 2.23. The molecule has 0 saturated carbocycles. The van der Waals surface area contributed by atoms with Crippen LogP contribution in [0.25, 0.3) is 11.3 Å². The number of piperidine rings is 1. The summed E-state index contributed by atoms with van der Waals surface area (Å²) in [4.78, 5) is 25.1. The minimum absolute atomic E-state index is 0.0173. The highest BCUT2D eigenvalue weighted by atomic mass is 35.5. The number of carbonyl (C=O) groups is 1. The van der Waals surface area contributed by atoms with Gasteiger partial charge < -0.3 is 25.8 Å². The van der Waals surface area contributed by atoms with Crippen molar-refractivity contribution < 1.29 is 14.6 Å². The first-order chi connectivity index (χ1) is 20.2. The van der Waals surface area contributed by atoms with E-state index < -0.39 is 6.10 Å². The van der Waals surface area contributed by atoms with Gasteiger partial charge >= 0.3 is 0 Å². The van der Waals surface area contributed by atoms with Gasteiger partial charge in [-0.25, -0.2) is 9.97 Å². The topological polar surface area (TPSA) is 117 Å². The van der Waals surface area contributed by atoms with Crippen LogP contribution in [-0.2, 0) is 11.3 Å². The molecule has 3 aromatic rings. The molecule has 5 rings (SSSR count). The summed E-state index contributed by atoms with van der Waals surface area (Å²) >= 11 is 12.6. The van der Waals surface area contributed by atoms with Crippen LogP contribution in [0.5, 0.6) is 11.6 Å². The molecular formula is C31H36Cl2N6O3. The summed E-state index contributed by atoms with van der Waals surface area (Å²) in [5.41, 5.74) is 8.09. The molecule has 2 aliphatic heterocycles. The Balaban J connectivity index is 1.32. The summed E-state index contributed by atoms with van der Waals surface area (Å²) in [5, 5.41) is 14.3. The molecule has 1 unspecified atom stereocenters. The first-order valence-corrected chi connectivity index (χ1v) is 14.9. The van der Waals surface area contributed by atoms with Crippen molar-refractivity contribution in [3.63, 3.8) is 0 Å². The van der Waals surface area contributed by atoms with Crippen molar-refractivity contribution in [3.8, 4) is 22.9 Å². The number of nitrogens with two attached hydrogens (primary N) is 1. The number of hydrogen-bond donors (Lipinski definition) is 3. The first-order valence-electron chi connectivity index (χ1n) is 14.2. The third kappa shape index (κ3) is 7.92. The molecule has 2 aliphatic rings. The minimum Gasteiger partial charge on any atom is -0.437 e. The molecule has 1 amide bonds. The zero-order chi connectivity index (χ0) is 29.6. The lowest BCUT2D eigenvalue weighted by molar-refractivity contribution is -0.119. The zero-order valence-corrected chi connectivity index (χ0v) is 25.1.